The van der Waals surface area contributed by atoms with Gasteiger partial charge in [-0.25, -0.2) is 4.79 Å². The van der Waals surface area contributed by atoms with Gasteiger partial charge in [0.15, 0.2) is 5.78 Å². The van der Waals surface area contributed by atoms with Crippen LogP contribution in [0, 0.1) is 5.41 Å². The molecule has 0 aliphatic carbocycles. The summed E-state index contributed by atoms with van der Waals surface area (Å²) in [5.41, 5.74) is 15.5. The van der Waals surface area contributed by atoms with Gasteiger partial charge in [0, 0.05) is 31.7 Å². The predicted octanol–water partition coefficient (Wildman–Crippen LogP) is 0.420. The Hall–Kier alpha value is -1.22. The molecule has 0 atom stereocenters. The summed E-state index contributed by atoms with van der Waals surface area (Å²) in [6, 6.07) is 0. The van der Waals surface area contributed by atoms with Crippen molar-refractivity contribution in [3.8, 4) is 0 Å². The zero-order valence-corrected chi connectivity index (χ0v) is 23.8. The van der Waals surface area contributed by atoms with E-state index >= 15 is 0 Å². The Balaban J connectivity index is 4.49. The van der Waals surface area contributed by atoms with Crippen LogP contribution in [0.2, 0.25) is 0 Å². The third kappa shape index (κ3) is 22.7. The van der Waals surface area contributed by atoms with Gasteiger partial charge in [0.05, 0.1) is 46.2 Å². The van der Waals surface area contributed by atoms with Gasteiger partial charge in [0.25, 0.3) is 0 Å². The first-order valence-electron chi connectivity index (χ1n) is 13.5. The van der Waals surface area contributed by atoms with Crippen LogP contribution in [0.3, 0.4) is 0 Å². The second kappa shape index (κ2) is 23.6. The Morgan fingerprint density at radius 3 is 1.42 bits per heavy atom. The van der Waals surface area contributed by atoms with E-state index in [1.165, 1.54) is 0 Å². The minimum Gasteiger partial charge on any atom is -0.458 e. The number of esters is 1. The molecule has 0 saturated carbocycles. The zero-order valence-electron chi connectivity index (χ0n) is 23.8. The van der Waals surface area contributed by atoms with Crippen LogP contribution >= 0.6 is 0 Å². The molecule has 0 bridgehead atoms. The topological polar surface area (TPSA) is 177 Å². The summed E-state index contributed by atoms with van der Waals surface area (Å²) in [5, 5.41) is 0. The van der Waals surface area contributed by atoms with Gasteiger partial charge in [-0.05, 0) is 59.7 Å². The lowest BCUT2D eigenvalue weighted by Crippen LogP contribution is -2.41. The minimum absolute atomic E-state index is 0.0609. The second-order valence-electron chi connectivity index (χ2n) is 10.1. The number of rotatable bonds is 27. The molecule has 0 heterocycles. The summed E-state index contributed by atoms with van der Waals surface area (Å²) >= 11 is 0. The maximum Gasteiger partial charge on any atom is 0.332 e. The molecule has 0 rings (SSSR count). The lowest BCUT2D eigenvalue weighted by Gasteiger charge is -2.33. The molecule has 0 aromatic heterocycles. The molecule has 0 fully saturated rings. The van der Waals surface area contributed by atoms with E-state index in [2.05, 4.69) is 0 Å². The van der Waals surface area contributed by atoms with Crippen LogP contribution in [0.15, 0.2) is 0 Å². The maximum atomic E-state index is 12.8. The van der Waals surface area contributed by atoms with Crippen LogP contribution in [0.4, 0.5) is 0 Å². The van der Waals surface area contributed by atoms with Crippen LogP contribution < -0.4 is 17.2 Å². The predicted molar refractivity (Wildman–Crippen MR) is 144 cm³/mol. The molecule has 0 amide bonds. The number of ketones is 1. The van der Waals surface area contributed by atoms with E-state index in [0.717, 1.165) is 19.3 Å². The number of hydrogen-bond donors (Lipinski definition) is 3. The van der Waals surface area contributed by atoms with Gasteiger partial charge < -0.3 is 50.4 Å². The highest BCUT2D eigenvalue weighted by Gasteiger charge is 2.34. The third-order valence-electron chi connectivity index (χ3n) is 4.92. The second-order valence-corrected chi connectivity index (χ2v) is 10.1. The van der Waals surface area contributed by atoms with Crippen molar-refractivity contribution in [1.82, 2.24) is 0 Å². The number of ether oxygens (including phenoxy) is 7. The molecule has 0 saturated heterocycles. The minimum atomic E-state index is -0.653. The fourth-order valence-corrected chi connectivity index (χ4v) is 3.22. The summed E-state index contributed by atoms with van der Waals surface area (Å²) < 4.78 is 38.8. The van der Waals surface area contributed by atoms with Crippen LogP contribution in [0.1, 0.15) is 46.5 Å². The Morgan fingerprint density at radius 2 is 1.00 bits per heavy atom. The van der Waals surface area contributed by atoms with Gasteiger partial charge in [0.2, 0.25) is 0 Å². The molecule has 0 aromatic rings. The first-order valence-corrected chi connectivity index (χ1v) is 13.5. The highest BCUT2D eigenvalue weighted by molar-refractivity contribution is 5.80. The SMILES string of the molecule is CC(C)(C)OC(=O)COCCOCCOCC(=O)CC(COCCCN)(COCCCN)COCCCN. The van der Waals surface area contributed by atoms with E-state index in [4.69, 9.17) is 50.4 Å². The number of Topliss-reactive ketones (excluding diaryl/α,β-unsaturated/α-hetero) is 1. The normalized spacial score (nSPS) is 12.2. The van der Waals surface area contributed by atoms with Gasteiger partial charge in [-0.1, -0.05) is 0 Å². The average Bonchev–Trinajstić information content (AvgIpc) is 2.85. The van der Waals surface area contributed by atoms with Crippen molar-refractivity contribution in [2.24, 2.45) is 22.6 Å². The van der Waals surface area contributed by atoms with Crippen molar-refractivity contribution in [1.29, 1.82) is 0 Å². The molecule has 226 valence electrons. The zero-order chi connectivity index (χ0) is 28.5. The lowest BCUT2D eigenvalue weighted by atomic mass is 9.85. The van der Waals surface area contributed by atoms with Gasteiger partial charge >= 0.3 is 5.97 Å². The first kappa shape index (κ1) is 36.8. The number of carbonyl (C=O) groups excluding carboxylic acids is 2. The third-order valence-corrected chi connectivity index (χ3v) is 4.92. The van der Waals surface area contributed by atoms with E-state index in [1.807, 2.05) is 0 Å². The van der Waals surface area contributed by atoms with E-state index in [1.54, 1.807) is 20.8 Å². The molecule has 0 aromatic carbocycles. The average molecular weight is 552 g/mol. The van der Waals surface area contributed by atoms with Crippen LogP contribution in [-0.4, -0.2) is 116 Å². The molecule has 0 aliphatic rings. The lowest BCUT2D eigenvalue weighted by molar-refractivity contribution is -0.160. The van der Waals surface area contributed by atoms with E-state index in [9.17, 15) is 9.59 Å². The van der Waals surface area contributed by atoms with E-state index in [0.29, 0.717) is 72.5 Å². The maximum absolute atomic E-state index is 12.8. The number of nitrogens with two attached hydrogens (primary N) is 3. The molecule has 0 spiro atoms. The molecule has 0 unspecified atom stereocenters. The van der Waals surface area contributed by atoms with Crippen molar-refractivity contribution < 1.29 is 42.7 Å². The Morgan fingerprint density at radius 1 is 0.579 bits per heavy atom. The van der Waals surface area contributed by atoms with Gasteiger partial charge in [0.1, 0.15) is 18.8 Å². The van der Waals surface area contributed by atoms with Gasteiger partial charge in [-0.15, -0.1) is 0 Å². The van der Waals surface area contributed by atoms with E-state index < -0.39 is 17.0 Å². The molecule has 12 heteroatoms. The largest absolute Gasteiger partial charge is 0.458 e. The molecule has 6 N–H and O–H groups in total. The van der Waals surface area contributed by atoms with Crippen molar-refractivity contribution >= 4 is 11.8 Å². The summed E-state index contributed by atoms with van der Waals surface area (Å²) in [5.74, 6) is -0.507. The van der Waals surface area contributed by atoms with Crippen molar-refractivity contribution in [2.75, 3.05) is 98.9 Å². The van der Waals surface area contributed by atoms with Crippen molar-refractivity contribution in [2.45, 2.75) is 52.1 Å². The number of carbonyl (C=O) groups is 2. The Labute approximate surface area is 228 Å². The summed E-state index contributed by atoms with van der Waals surface area (Å²) in [7, 11) is 0. The van der Waals surface area contributed by atoms with Gasteiger partial charge in [-0.2, -0.15) is 0 Å². The Kier molecular flexibility index (Phi) is 22.9. The monoisotopic (exact) mass is 551 g/mol. The fraction of sp³-hybridized carbons (Fsp3) is 0.923. The van der Waals surface area contributed by atoms with Crippen LogP contribution in [0.5, 0.6) is 0 Å². The number of hydrogen-bond acceptors (Lipinski definition) is 12. The quantitative estimate of drug-likeness (QED) is 0.0948. The molecule has 12 nitrogen and oxygen atoms in total. The Bertz CT molecular complexity index is 558. The summed E-state index contributed by atoms with van der Waals surface area (Å²) in [4.78, 5) is 24.4. The first-order chi connectivity index (χ1) is 18.2. The molecule has 0 aliphatic heterocycles. The van der Waals surface area contributed by atoms with Gasteiger partial charge in [-0.3, -0.25) is 4.79 Å². The highest BCUT2D eigenvalue weighted by Crippen LogP contribution is 2.25. The van der Waals surface area contributed by atoms with Crippen molar-refractivity contribution in [3.05, 3.63) is 0 Å². The van der Waals surface area contributed by atoms with E-state index in [-0.39, 0.29) is 38.6 Å². The van der Waals surface area contributed by atoms with Crippen LogP contribution in [0.25, 0.3) is 0 Å². The highest BCUT2D eigenvalue weighted by atomic mass is 16.6. The summed E-state index contributed by atoms with van der Waals surface area (Å²) in [6.07, 6.45) is 2.35. The van der Waals surface area contributed by atoms with Crippen molar-refractivity contribution in [3.63, 3.8) is 0 Å². The smallest absolute Gasteiger partial charge is 0.332 e. The summed E-state index contributed by atoms with van der Waals surface area (Å²) in [6.45, 7) is 10.2. The molecule has 0 radical (unpaired) electrons. The molecular formula is C26H53N3O9. The molecule has 38 heavy (non-hydrogen) atoms. The molecular weight excluding hydrogens is 498 g/mol. The standard InChI is InChI=1S/C26H53N3O9/c1-25(2,3)38-24(31)19-34-16-14-32-13-15-33-18-23(30)17-26(20-35-10-4-7-27,21-36-11-5-8-28)22-37-12-6-9-29/h4-22,27-29H2,1-3H3. The fourth-order valence-electron chi connectivity index (χ4n) is 3.22. The van der Waals surface area contributed by atoms with Crippen LogP contribution in [-0.2, 0) is 42.7 Å².